The SMILES string of the molecule is COC(=O)c1ccc(Cn2cc(/C=C3\NC(=O)N(CC(=O)Nc4ccc(OC)cc4)C3=O)c3ccccc32)o1. The molecule has 3 heterocycles. The molecule has 0 radical (unpaired) electrons. The summed E-state index contributed by atoms with van der Waals surface area (Å²) in [4.78, 5) is 50.7. The molecule has 2 aromatic carbocycles. The molecule has 0 spiro atoms. The van der Waals surface area contributed by atoms with Crippen LogP contribution in [0.1, 0.15) is 21.9 Å². The number of ether oxygens (including phenoxy) is 2. The molecule has 1 saturated heterocycles. The number of rotatable bonds is 8. The Morgan fingerprint density at radius 1 is 1.03 bits per heavy atom. The van der Waals surface area contributed by atoms with Gasteiger partial charge in [0.2, 0.25) is 11.7 Å². The standard InChI is InChI=1S/C28H24N4O7/c1-37-19-9-7-18(8-10-19)29-25(33)16-32-26(34)22(30-28(32)36)13-17-14-31(23-6-4-3-5-21(17)23)15-20-11-12-24(39-20)27(35)38-2/h3-14H,15-16H2,1-2H3,(H,29,33)(H,30,36)/b22-13-. The van der Waals surface area contributed by atoms with Crippen molar-refractivity contribution >= 4 is 46.5 Å². The summed E-state index contributed by atoms with van der Waals surface area (Å²) in [6.45, 7) is -0.130. The number of nitrogens with one attached hydrogen (secondary N) is 2. The van der Waals surface area contributed by atoms with E-state index in [2.05, 4.69) is 10.6 Å². The average molecular weight is 529 g/mol. The molecule has 0 unspecified atom stereocenters. The normalized spacial score (nSPS) is 14.1. The van der Waals surface area contributed by atoms with Crippen molar-refractivity contribution in [3.05, 3.63) is 89.6 Å². The Balaban J connectivity index is 1.34. The van der Waals surface area contributed by atoms with Gasteiger partial charge in [-0.15, -0.1) is 0 Å². The molecule has 2 aromatic heterocycles. The van der Waals surface area contributed by atoms with Crippen LogP contribution in [-0.2, 0) is 20.9 Å². The number of furan rings is 1. The zero-order chi connectivity index (χ0) is 27.5. The molecular formula is C28H24N4O7. The van der Waals surface area contributed by atoms with E-state index in [1.807, 2.05) is 35.0 Å². The monoisotopic (exact) mass is 528 g/mol. The number of hydrogen-bond donors (Lipinski definition) is 2. The van der Waals surface area contributed by atoms with E-state index in [4.69, 9.17) is 13.9 Å². The van der Waals surface area contributed by atoms with Crippen molar-refractivity contribution in [3.8, 4) is 5.75 Å². The Kier molecular flexibility index (Phi) is 6.87. The number of methoxy groups -OCH3 is 2. The van der Waals surface area contributed by atoms with Crippen molar-refractivity contribution in [2.45, 2.75) is 6.54 Å². The fraction of sp³-hybridized carbons (Fsp3) is 0.143. The van der Waals surface area contributed by atoms with Gasteiger partial charge >= 0.3 is 12.0 Å². The van der Waals surface area contributed by atoms with E-state index in [-0.39, 0.29) is 11.5 Å². The summed E-state index contributed by atoms with van der Waals surface area (Å²) < 4.78 is 17.3. The number of hydrogen-bond acceptors (Lipinski definition) is 7. The van der Waals surface area contributed by atoms with E-state index in [1.165, 1.54) is 14.2 Å². The summed E-state index contributed by atoms with van der Waals surface area (Å²) in [5, 5.41) is 6.05. The second kappa shape index (κ2) is 10.6. The van der Waals surface area contributed by atoms with Crippen LogP contribution in [0.3, 0.4) is 0 Å². The number of amides is 4. The number of para-hydroxylation sites is 1. The van der Waals surface area contributed by atoms with Gasteiger partial charge in [0.05, 0.1) is 20.8 Å². The zero-order valence-electron chi connectivity index (χ0n) is 21.1. The number of benzene rings is 2. The molecule has 1 aliphatic rings. The summed E-state index contributed by atoms with van der Waals surface area (Å²) in [6, 6.07) is 16.8. The molecule has 39 heavy (non-hydrogen) atoms. The summed E-state index contributed by atoms with van der Waals surface area (Å²) in [6.07, 6.45) is 3.39. The maximum absolute atomic E-state index is 13.0. The van der Waals surface area contributed by atoms with Crippen LogP contribution >= 0.6 is 0 Å². The molecule has 0 bridgehead atoms. The van der Waals surface area contributed by atoms with Crippen LogP contribution < -0.4 is 15.4 Å². The first-order chi connectivity index (χ1) is 18.9. The Morgan fingerprint density at radius 2 is 1.79 bits per heavy atom. The van der Waals surface area contributed by atoms with Crippen LogP contribution in [-0.4, -0.2) is 54.0 Å². The number of fused-ring (bicyclic) bond motifs is 1. The van der Waals surface area contributed by atoms with E-state index in [1.54, 1.807) is 42.5 Å². The van der Waals surface area contributed by atoms with Crippen LogP contribution in [0, 0.1) is 0 Å². The number of aromatic nitrogens is 1. The summed E-state index contributed by atoms with van der Waals surface area (Å²) in [5.41, 5.74) is 2.09. The largest absolute Gasteiger partial charge is 0.497 e. The highest BCUT2D eigenvalue weighted by molar-refractivity contribution is 6.16. The number of carbonyl (C=O) groups is 4. The number of imide groups is 1. The smallest absolute Gasteiger partial charge is 0.373 e. The van der Waals surface area contributed by atoms with Gasteiger partial charge in [0.25, 0.3) is 5.91 Å². The summed E-state index contributed by atoms with van der Waals surface area (Å²) in [7, 11) is 2.82. The molecule has 4 aromatic rings. The average Bonchev–Trinajstić information content (AvgIpc) is 3.62. The predicted octanol–water partition coefficient (Wildman–Crippen LogP) is 3.61. The Bertz CT molecular complexity index is 1610. The topological polar surface area (TPSA) is 132 Å². The molecule has 11 heteroatoms. The molecule has 2 N–H and O–H groups in total. The summed E-state index contributed by atoms with van der Waals surface area (Å²) in [5.74, 6) is -0.437. The van der Waals surface area contributed by atoms with E-state index >= 15 is 0 Å². The third-order valence-electron chi connectivity index (χ3n) is 6.13. The minimum Gasteiger partial charge on any atom is -0.497 e. The van der Waals surface area contributed by atoms with Gasteiger partial charge in [0.15, 0.2) is 0 Å². The van der Waals surface area contributed by atoms with E-state index in [0.29, 0.717) is 29.3 Å². The quantitative estimate of drug-likeness (QED) is 0.203. The molecule has 5 rings (SSSR count). The highest BCUT2D eigenvalue weighted by Crippen LogP contribution is 2.26. The van der Waals surface area contributed by atoms with Crippen molar-refractivity contribution in [2.24, 2.45) is 0 Å². The lowest BCUT2D eigenvalue weighted by atomic mass is 10.1. The number of urea groups is 1. The molecule has 198 valence electrons. The minimum atomic E-state index is -0.689. The molecular weight excluding hydrogens is 504 g/mol. The summed E-state index contributed by atoms with van der Waals surface area (Å²) >= 11 is 0. The molecule has 11 nitrogen and oxygen atoms in total. The van der Waals surface area contributed by atoms with E-state index in [0.717, 1.165) is 15.8 Å². The van der Waals surface area contributed by atoms with Gasteiger partial charge < -0.3 is 29.1 Å². The molecule has 1 fully saturated rings. The molecule has 0 saturated carbocycles. The van der Waals surface area contributed by atoms with E-state index < -0.39 is 30.4 Å². The van der Waals surface area contributed by atoms with Gasteiger partial charge in [-0.25, -0.2) is 14.5 Å². The first kappa shape index (κ1) is 25.3. The van der Waals surface area contributed by atoms with Crippen molar-refractivity contribution in [1.82, 2.24) is 14.8 Å². The minimum absolute atomic E-state index is 0.0473. The lowest BCUT2D eigenvalue weighted by Gasteiger charge is -2.12. The van der Waals surface area contributed by atoms with Crippen LogP contribution in [0.4, 0.5) is 10.5 Å². The highest BCUT2D eigenvalue weighted by atomic mass is 16.5. The van der Waals surface area contributed by atoms with Gasteiger partial charge in [-0.2, -0.15) is 0 Å². The van der Waals surface area contributed by atoms with Gasteiger partial charge in [-0.05, 0) is 48.5 Å². The molecule has 1 aliphatic heterocycles. The maximum Gasteiger partial charge on any atom is 0.373 e. The number of carbonyl (C=O) groups excluding carboxylic acids is 4. The first-order valence-corrected chi connectivity index (χ1v) is 11.9. The number of nitrogens with zero attached hydrogens (tertiary/aromatic N) is 2. The van der Waals surface area contributed by atoms with E-state index in [9.17, 15) is 19.2 Å². The van der Waals surface area contributed by atoms with Crippen LogP contribution in [0.15, 0.2) is 77.0 Å². The first-order valence-electron chi connectivity index (χ1n) is 11.9. The Hall–Kier alpha value is -5.32. The zero-order valence-corrected chi connectivity index (χ0v) is 21.1. The predicted molar refractivity (Wildman–Crippen MR) is 141 cm³/mol. The fourth-order valence-electron chi connectivity index (χ4n) is 4.25. The van der Waals surface area contributed by atoms with Crippen molar-refractivity contribution in [2.75, 3.05) is 26.1 Å². The van der Waals surface area contributed by atoms with Gasteiger partial charge in [0.1, 0.15) is 23.8 Å². The second-order valence-electron chi connectivity index (χ2n) is 8.64. The second-order valence-corrected chi connectivity index (χ2v) is 8.64. The van der Waals surface area contributed by atoms with Crippen molar-refractivity contribution in [1.29, 1.82) is 0 Å². The highest BCUT2D eigenvalue weighted by Gasteiger charge is 2.35. The van der Waals surface area contributed by atoms with Gasteiger partial charge in [-0.3, -0.25) is 9.59 Å². The third kappa shape index (κ3) is 5.23. The Labute approximate surface area is 222 Å². The van der Waals surface area contributed by atoms with Crippen LogP contribution in [0.25, 0.3) is 17.0 Å². The van der Waals surface area contributed by atoms with Gasteiger partial charge in [-0.1, -0.05) is 18.2 Å². The van der Waals surface area contributed by atoms with Gasteiger partial charge in [0, 0.05) is 28.4 Å². The molecule has 0 aliphatic carbocycles. The third-order valence-corrected chi connectivity index (χ3v) is 6.13. The fourth-order valence-corrected chi connectivity index (χ4v) is 4.25. The maximum atomic E-state index is 13.0. The van der Waals surface area contributed by atoms with Crippen molar-refractivity contribution in [3.63, 3.8) is 0 Å². The molecule has 4 amide bonds. The number of esters is 1. The molecule has 0 atom stereocenters. The van der Waals surface area contributed by atoms with Crippen LogP contribution in [0.2, 0.25) is 0 Å². The lowest BCUT2D eigenvalue weighted by Crippen LogP contribution is -2.38. The lowest BCUT2D eigenvalue weighted by molar-refractivity contribution is -0.127. The van der Waals surface area contributed by atoms with Crippen LogP contribution in [0.5, 0.6) is 5.75 Å². The Morgan fingerprint density at radius 3 is 2.54 bits per heavy atom. The number of anilines is 1. The van der Waals surface area contributed by atoms with Crippen molar-refractivity contribution < 1.29 is 33.1 Å².